The fourth-order valence-electron chi connectivity index (χ4n) is 2.58. The lowest BCUT2D eigenvalue weighted by Crippen LogP contribution is -2.39. The fraction of sp³-hybridized carbons (Fsp3) is 0.353. The van der Waals surface area contributed by atoms with Crippen molar-refractivity contribution in [2.75, 3.05) is 6.54 Å². The number of thiophene rings is 1. The number of rotatable bonds is 6. The zero-order valence-corrected chi connectivity index (χ0v) is 14.6. The summed E-state index contributed by atoms with van der Waals surface area (Å²) in [6, 6.07) is 9.47. The summed E-state index contributed by atoms with van der Waals surface area (Å²) < 4.78 is 1.88. The molecule has 0 fully saturated rings. The second-order valence-electron chi connectivity index (χ2n) is 5.95. The van der Waals surface area contributed by atoms with Crippen LogP contribution in [0.15, 0.2) is 41.9 Å². The smallest absolute Gasteiger partial charge is 0.315 e. The molecule has 0 saturated heterocycles. The Morgan fingerprint density at radius 2 is 2.12 bits per heavy atom. The van der Waals surface area contributed by atoms with Gasteiger partial charge in [0.1, 0.15) is 0 Å². The molecule has 3 aromatic heterocycles. The quantitative estimate of drug-likeness (QED) is 0.723. The maximum atomic E-state index is 12.1. The van der Waals surface area contributed by atoms with Crippen LogP contribution in [0.2, 0.25) is 0 Å². The van der Waals surface area contributed by atoms with Crippen LogP contribution >= 0.6 is 11.3 Å². The van der Waals surface area contributed by atoms with Gasteiger partial charge >= 0.3 is 6.03 Å². The van der Waals surface area contributed by atoms with Crippen molar-refractivity contribution in [1.82, 2.24) is 25.2 Å². The van der Waals surface area contributed by atoms with Crippen LogP contribution in [0.25, 0.3) is 5.65 Å². The second kappa shape index (κ2) is 7.44. The summed E-state index contributed by atoms with van der Waals surface area (Å²) in [5.74, 6) is 1.10. The minimum atomic E-state index is -0.227. The maximum Gasteiger partial charge on any atom is 0.315 e. The van der Waals surface area contributed by atoms with Gasteiger partial charge in [-0.25, -0.2) is 4.79 Å². The molecule has 3 rings (SSSR count). The molecular formula is C17H21N5OS. The minimum absolute atomic E-state index is 0.187. The van der Waals surface area contributed by atoms with E-state index < -0.39 is 0 Å². The van der Waals surface area contributed by atoms with Crippen molar-refractivity contribution in [2.24, 2.45) is 5.92 Å². The van der Waals surface area contributed by atoms with Gasteiger partial charge in [0, 0.05) is 17.6 Å². The summed E-state index contributed by atoms with van der Waals surface area (Å²) in [6.07, 6.45) is 2.87. The van der Waals surface area contributed by atoms with Crippen LogP contribution in [-0.4, -0.2) is 27.2 Å². The molecule has 3 heterocycles. The lowest BCUT2D eigenvalue weighted by Gasteiger charge is -2.15. The molecule has 3 aromatic rings. The van der Waals surface area contributed by atoms with Crippen LogP contribution in [-0.2, 0) is 6.42 Å². The van der Waals surface area contributed by atoms with Crippen LogP contribution in [0.3, 0.4) is 0 Å². The number of amides is 2. The Kier molecular flexibility index (Phi) is 5.10. The van der Waals surface area contributed by atoms with E-state index in [1.807, 2.05) is 35.7 Å². The van der Waals surface area contributed by atoms with Gasteiger partial charge in [-0.1, -0.05) is 19.1 Å². The largest absolute Gasteiger partial charge is 0.338 e. The SMILES string of the molecule is CC(CNC(=O)NC(C)c1nnc2ccccn12)Cc1cccs1. The number of nitrogens with one attached hydrogen (secondary N) is 2. The zero-order chi connectivity index (χ0) is 16.9. The Hall–Kier alpha value is -2.41. The van der Waals surface area contributed by atoms with Gasteiger partial charge in [-0.2, -0.15) is 0 Å². The van der Waals surface area contributed by atoms with Gasteiger partial charge in [0.2, 0.25) is 0 Å². The molecule has 0 aliphatic rings. The molecule has 0 radical (unpaired) electrons. The van der Waals surface area contributed by atoms with Crippen LogP contribution in [0.1, 0.15) is 30.6 Å². The third kappa shape index (κ3) is 3.91. The molecule has 6 nitrogen and oxygen atoms in total. The van der Waals surface area contributed by atoms with Gasteiger partial charge in [-0.3, -0.25) is 4.40 Å². The van der Waals surface area contributed by atoms with Crippen molar-refractivity contribution in [1.29, 1.82) is 0 Å². The van der Waals surface area contributed by atoms with Crippen LogP contribution in [0.4, 0.5) is 4.79 Å². The number of pyridine rings is 1. The highest BCUT2D eigenvalue weighted by molar-refractivity contribution is 7.09. The molecule has 0 saturated carbocycles. The topological polar surface area (TPSA) is 71.3 Å². The summed E-state index contributed by atoms with van der Waals surface area (Å²) in [6.45, 7) is 4.67. The van der Waals surface area contributed by atoms with Crippen molar-refractivity contribution in [3.05, 3.63) is 52.6 Å². The number of hydrogen-bond donors (Lipinski definition) is 2. The molecule has 7 heteroatoms. The Labute approximate surface area is 144 Å². The average molecular weight is 343 g/mol. The predicted molar refractivity (Wildman–Crippen MR) is 95.1 cm³/mol. The molecular weight excluding hydrogens is 322 g/mol. The summed E-state index contributed by atoms with van der Waals surface area (Å²) in [5.41, 5.74) is 0.770. The Morgan fingerprint density at radius 3 is 2.92 bits per heavy atom. The third-order valence-corrected chi connectivity index (χ3v) is 4.71. The van der Waals surface area contributed by atoms with Gasteiger partial charge in [0.05, 0.1) is 6.04 Å². The van der Waals surface area contributed by atoms with E-state index in [4.69, 9.17) is 0 Å². The fourth-order valence-corrected chi connectivity index (χ4v) is 3.45. The van der Waals surface area contributed by atoms with Gasteiger partial charge in [-0.15, -0.1) is 21.5 Å². The molecule has 0 aliphatic carbocycles. The normalized spacial score (nSPS) is 13.6. The van der Waals surface area contributed by atoms with E-state index in [1.165, 1.54) is 4.88 Å². The summed E-state index contributed by atoms with van der Waals surface area (Å²) in [7, 11) is 0. The molecule has 0 bridgehead atoms. The molecule has 0 spiro atoms. The molecule has 2 unspecified atom stereocenters. The van der Waals surface area contributed by atoms with Crippen molar-refractivity contribution in [2.45, 2.75) is 26.3 Å². The van der Waals surface area contributed by atoms with Gasteiger partial charge < -0.3 is 10.6 Å². The van der Waals surface area contributed by atoms with E-state index in [1.54, 1.807) is 11.3 Å². The first kappa shape index (κ1) is 16.4. The first-order valence-corrected chi connectivity index (χ1v) is 8.88. The predicted octanol–water partition coefficient (Wildman–Crippen LogP) is 3.03. The van der Waals surface area contributed by atoms with Crippen LogP contribution < -0.4 is 10.6 Å². The highest BCUT2D eigenvalue weighted by Gasteiger charge is 2.16. The van der Waals surface area contributed by atoms with Crippen molar-refractivity contribution in [3.8, 4) is 0 Å². The van der Waals surface area contributed by atoms with E-state index in [-0.39, 0.29) is 12.1 Å². The first-order chi connectivity index (χ1) is 11.6. The molecule has 126 valence electrons. The number of hydrogen-bond acceptors (Lipinski definition) is 4. The molecule has 2 atom stereocenters. The highest BCUT2D eigenvalue weighted by atomic mass is 32.1. The third-order valence-electron chi connectivity index (χ3n) is 3.82. The maximum absolute atomic E-state index is 12.1. The first-order valence-electron chi connectivity index (χ1n) is 8.00. The molecule has 0 aromatic carbocycles. The number of aromatic nitrogens is 3. The Balaban J connectivity index is 1.51. The summed E-state index contributed by atoms with van der Waals surface area (Å²) in [4.78, 5) is 13.5. The number of carbonyl (C=O) groups excluding carboxylic acids is 1. The summed E-state index contributed by atoms with van der Waals surface area (Å²) in [5, 5.41) is 16.2. The van der Waals surface area contributed by atoms with Crippen LogP contribution in [0, 0.1) is 5.92 Å². The zero-order valence-electron chi connectivity index (χ0n) is 13.8. The lowest BCUT2D eigenvalue weighted by atomic mass is 10.1. The lowest BCUT2D eigenvalue weighted by molar-refractivity contribution is 0.235. The van der Waals surface area contributed by atoms with E-state index >= 15 is 0 Å². The molecule has 24 heavy (non-hydrogen) atoms. The number of nitrogens with zero attached hydrogens (tertiary/aromatic N) is 3. The van der Waals surface area contributed by atoms with Crippen LogP contribution in [0.5, 0.6) is 0 Å². The Morgan fingerprint density at radius 1 is 1.25 bits per heavy atom. The average Bonchev–Trinajstić information content (AvgIpc) is 3.22. The molecule has 2 amide bonds. The second-order valence-corrected chi connectivity index (χ2v) is 6.98. The minimum Gasteiger partial charge on any atom is -0.338 e. The van der Waals surface area contributed by atoms with E-state index in [2.05, 4.69) is 45.3 Å². The molecule has 0 aliphatic heterocycles. The monoisotopic (exact) mass is 343 g/mol. The Bertz CT molecular complexity index is 798. The number of fused-ring (bicyclic) bond motifs is 1. The van der Waals surface area contributed by atoms with Crippen molar-refractivity contribution >= 4 is 23.0 Å². The summed E-state index contributed by atoms with van der Waals surface area (Å²) >= 11 is 1.75. The van der Waals surface area contributed by atoms with Gasteiger partial charge in [-0.05, 0) is 42.8 Å². The van der Waals surface area contributed by atoms with Gasteiger partial charge in [0.25, 0.3) is 0 Å². The van der Waals surface area contributed by atoms with Crippen molar-refractivity contribution in [3.63, 3.8) is 0 Å². The molecule has 2 N–H and O–H groups in total. The number of carbonyl (C=O) groups is 1. The van der Waals surface area contributed by atoms with Crippen molar-refractivity contribution < 1.29 is 4.79 Å². The van der Waals surface area contributed by atoms with E-state index in [0.29, 0.717) is 18.3 Å². The standard InChI is InChI=1S/C17H21N5OS/c1-12(10-14-6-5-9-24-14)11-18-17(23)19-13(2)16-21-20-15-7-3-4-8-22(15)16/h3-9,12-13H,10-11H2,1-2H3,(H2,18,19,23). The highest BCUT2D eigenvalue weighted by Crippen LogP contribution is 2.14. The number of urea groups is 1. The van der Waals surface area contributed by atoms with E-state index in [0.717, 1.165) is 12.1 Å². The van der Waals surface area contributed by atoms with E-state index in [9.17, 15) is 4.79 Å². The van der Waals surface area contributed by atoms with Gasteiger partial charge in [0.15, 0.2) is 11.5 Å².